The second kappa shape index (κ2) is 8.85. The molecule has 1 aliphatic heterocycles. The molecule has 9 heteroatoms. The maximum absolute atomic E-state index is 13.1. The molecule has 8 nitrogen and oxygen atoms in total. The van der Waals surface area contributed by atoms with E-state index in [2.05, 4.69) is 5.16 Å². The van der Waals surface area contributed by atoms with Crippen molar-refractivity contribution in [1.82, 2.24) is 14.4 Å². The van der Waals surface area contributed by atoms with Crippen molar-refractivity contribution in [1.29, 1.82) is 0 Å². The number of aromatic nitrogens is 1. The van der Waals surface area contributed by atoms with Gasteiger partial charge in [-0.3, -0.25) is 4.79 Å². The van der Waals surface area contributed by atoms with Gasteiger partial charge >= 0.3 is 0 Å². The zero-order valence-corrected chi connectivity index (χ0v) is 19.1. The maximum atomic E-state index is 13.1. The van der Waals surface area contributed by atoms with E-state index in [0.717, 1.165) is 16.9 Å². The van der Waals surface area contributed by atoms with E-state index in [1.165, 1.54) is 4.31 Å². The number of sulfonamides is 1. The zero-order chi connectivity index (χ0) is 22.9. The van der Waals surface area contributed by atoms with E-state index in [-0.39, 0.29) is 29.7 Å². The van der Waals surface area contributed by atoms with Crippen LogP contribution < -0.4 is 4.74 Å². The molecule has 1 aromatic heterocycles. The molecule has 0 aliphatic carbocycles. The van der Waals surface area contributed by atoms with Gasteiger partial charge in [-0.05, 0) is 42.3 Å². The van der Waals surface area contributed by atoms with Crippen molar-refractivity contribution >= 4 is 16.3 Å². The number of carbonyl (C=O) groups excluding carboxylic acids is 1. The van der Waals surface area contributed by atoms with E-state index in [1.54, 1.807) is 31.9 Å². The molecular formula is C23H25N3O5S. The lowest BCUT2D eigenvalue weighted by atomic mass is 10.0. The molecule has 0 N–H and O–H groups in total. The summed E-state index contributed by atoms with van der Waals surface area (Å²) in [6.07, 6.45) is 0. The first-order chi connectivity index (χ1) is 15.3. The topological polar surface area (TPSA) is 98.9 Å². The van der Waals surface area contributed by atoms with Gasteiger partial charge in [0.25, 0.3) is 5.91 Å². The fraction of sp³-hybridized carbons (Fsp3) is 0.304. The minimum Gasteiger partial charge on any atom is -0.593 e. The normalized spacial score (nSPS) is 16.6. The standard InChI is InChI=1S/C23H25N3O5S/c1-16-22(17(2)31-24-16)32(28,29)26-12-10-25(11-13-26)23(27)20-8-4-6-18(14-20)19-7-5-9-21(15-19)30-3/h4-9,14-15H,10-13H2,1-3H3. The van der Waals surface area contributed by atoms with Gasteiger partial charge in [0.15, 0.2) is 16.2 Å². The number of methoxy groups -OCH3 is 1. The van der Waals surface area contributed by atoms with Crippen LogP contribution in [0, 0.1) is 13.8 Å². The molecule has 1 aliphatic rings. The number of ether oxygens (including phenoxy) is 1. The lowest BCUT2D eigenvalue weighted by Crippen LogP contribution is -2.52. The third-order valence-electron chi connectivity index (χ3n) is 5.60. The highest BCUT2D eigenvalue weighted by molar-refractivity contribution is 7.95. The Bertz CT molecular complexity index is 1160. The summed E-state index contributed by atoms with van der Waals surface area (Å²) in [6.45, 7) is 4.25. The van der Waals surface area contributed by atoms with Crippen LogP contribution in [0.4, 0.5) is 0 Å². The van der Waals surface area contributed by atoms with Crippen LogP contribution in [-0.4, -0.2) is 58.1 Å². The molecule has 1 atom stereocenters. The van der Waals surface area contributed by atoms with Gasteiger partial charge in [-0.2, -0.15) is 0 Å². The number of piperazine rings is 1. The van der Waals surface area contributed by atoms with Crippen LogP contribution in [0.2, 0.25) is 0 Å². The first-order valence-electron chi connectivity index (χ1n) is 10.3. The lowest BCUT2D eigenvalue weighted by Gasteiger charge is -2.35. The Hall–Kier alpha value is -3.01. The zero-order valence-electron chi connectivity index (χ0n) is 18.2. The minimum atomic E-state index is -3.72. The quantitative estimate of drug-likeness (QED) is 0.547. The number of hydrogen-bond donors (Lipinski definition) is 0. The van der Waals surface area contributed by atoms with Crippen molar-refractivity contribution in [2.45, 2.75) is 18.7 Å². The molecule has 3 aromatic rings. The Morgan fingerprint density at radius 2 is 1.72 bits per heavy atom. The van der Waals surface area contributed by atoms with Crippen molar-refractivity contribution in [2.24, 2.45) is 0 Å². The van der Waals surface area contributed by atoms with Crippen LogP contribution in [0.25, 0.3) is 11.1 Å². The summed E-state index contributed by atoms with van der Waals surface area (Å²) >= 11 is 0. The van der Waals surface area contributed by atoms with E-state index in [0.29, 0.717) is 24.3 Å². The predicted octanol–water partition coefficient (Wildman–Crippen LogP) is 3.33. The monoisotopic (exact) mass is 455 g/mol. The van der Waals surface area contributed by atoms with Crippen molar-refractivity contribution in [3.8, 4) is 16.9 Å². The molecule has 0 saturated carbocycles. The molecular weight excluding hydrogens is 430 g/mol. The molecule has 0 bridgehead atoms. The number of rotatable bonds is 5. The maximum Gasteiger partial charge on any atom is 0.253 e. The molecule has 1 fully saturated rings. The van der Waals surface area contributed by atoms with E-state index in [9.17, 15) is 13.6 Å². The van der Waals surface area contributed by atoms with Crippen LogP contribution in [0.5, 0.6) is 5.75 Å². The molecule has 1 unspecified atom stereocenters. The van der Waals surface area contributed by atoms with Gasteiger partial charge in [0.2, 0.25) is 4.90 Å². The smallest absolute Gasteiger partial charge is 0.253 e. The first kappa shape index (κ1) is 22.2. The summed E-state index contributed by atoms with van der Waals surface area (Å²) in [5.74, 6) is 0.898. The van der Waals surface area contributed by atoms with Gasteiger partial charge in [-0.25, -0.2) is 0 Å². The van der Waals surface area contributed by atoms with Gasteiger partial charge in [0.1, 0.15) is 11.4 Å². The third-order valence-corrected chi connectivity index (χ3v) is 7.75. The Labute approximate surface area is 188 Å². The highest BCUT2D eigenvalue weighted by Gasteiger charge is 2.39. The molecule has 0 radical (unpaired) electrons. The Morgan fingerprint density at radius 3 is 2.34 bits per heavy atom. The predicted molar refractivity (Wildman–Crippen MR) is 119 cm³/mol. The van der Waals surface area contributed by atoms with Crippen molar-refractivity contribution in [3.05, 3.63) is 65.5 Å². The van der Waals surface area contributed by atoms with Crippen LogP contribution in [0.3, 0.4) is 0 Å². The summed E-state index contributed by atoms with van der Waals surface area (Å²) < 4.78 is 37.7. The van der Waals surface area contributed by atoms with Crippen molar-refractivity contribution in [2.75, 3.05) is 33.3 Å². The van der Waals surface area contributed by atoms with E-state index < -0.39 is 10.4 Å². The Balaban J connectivity index is 1.48. The third kappa shape index (κ3) is 4.19. The van der Waals surface area contributed by atoms with Gasteiger partial charge in [-0.15, -0.1) is 4.31 Å². The lowest BCUT2D eigenvalue weighted by molar-refractivity contribution is 0.0693. The molecule has 32 heavy (non-hydrogen) atoms. The van der Waals surface area contributed by atoms with E-state index >= 15 is 0 Å². The summed E-state index contributed by atoms with van der Waals surface area (Å²) in [5, 5.41) is 3.75. The second-order valence-electron chi connectivity index (χ2n) is 7.66. The highest BCUT2D eigenvalue weighted by atomic mass is 32.3. The molecule has 2 aromatic carbocycles. The average Bonchev–Trinajstić information content (AvgIpc) is 3.17. The summed E-state index contributed by atoms with van der Waals surface area (Å²) in [4.78, 5) is 14.9. The number of aryl methyl sites for hydroxylation is 2. The average molecular weight is 456 g/mol. The summed E-state index contributed by atoms with van der Waals surface area (Å²) in [7, 11) is -2.10. The number of nitrogens with zero attached hydrogens (tertiary/aromatic N) is 3. The molecule has 4 rings (SSSR count). The van der Waals surface area contributed by atoms with E-state index in [4.69, 9.17) is 9.26 Å². The minimum absolute atomic E-state index is 0.114. The largest absolute Gasteiger partial charge is 0.593 e. The van der Waals surface area contributed by atoms with Crippen LogP contribution in [-0.2, 0) is 14.6 Å². The van der Waals surface area contributed by atoms with Crippen LogP contribution in [0.15, 0.2) is 57.9 Å². The molecule has 0 spiro atoms. The SMILES string of the molecule is COc1cccc(-c2cccc(C(=O)N3CCN([S+](=O)([O-])c4c(C)noc4C)CC3)c2)c1. The fourth-order valence-electron chi connectivity index (χ4n) is 3.92. The molecule has 1 saturated heterocycles. The molecule has 2 heterocycles. The van der Waals surface area contributed by atoms with Gasteiger partial charge < -0.3 is 18.7 Å². The van der Waals surface area contributed by atoms with Crippen LogP contribution >= 0.6 is 0 Å². The number of amides is 1. The molecule has 168 valence electrons. The number of benzene rings is 2. The number of carbonyl (C=O) groups is 1. The fourth-order valence-corrected chi connectivity index (χ4v) is 5.63. The van der Waals surface area contributed by atoms with Crippen molar-refractivity contribution < 1.29 is 22.8 Å². The van der Waals surface area contributed by atoms with E-state index in [1.807, 2.05) is 42.5 Å². The van der Waals surface area contributed by atoms with Gasteiger partial charge in [0.05, 0.1) is 20.2 Å². The second-order valence-corrected chi connectivity index (χ2v) is 9.54. The number of hydrogen-bond acceptors (Lipinski definition) is 6. The molecule has 1 amide bonds. The van der Waals surface area contributed by atoms with Gasteiger partial charge in [-0.1, -0.05) is 33.6 Å². The Kier molecular flexibility index (Phi) is 6.14. The first-order valence-corrected chi connectivity index (χ1v) is 11.7. The highest BCUT2D eigenvalue weighted by Crippen LogP contribution is 2.29. The van der Waals surface area contributed by atoms with Crippen LogP contribution in [0.1, 0.15) is 21.8 Å². The summed E-state index contributed by atoms with van der Waals surface area (Å²) in [6, 6.07) is 15.1. The Morgan fingerprint density at radius 1 is 1.06 bits per heavy atom. The summed E-state index contributed by atoms with van der Waals surface area (Å²) in [5.41, 5.74) is 2.77. The van der Waals surface area contributed by atoms with Gasteiger partial charge in [0, 0.05) is 25.6 Å². The van der Waals surface area contributed by atoms with Crippen molar-refractivity contribution in [3.63, 3.8) is 0 Å².